The van der Waals surface area contributed by atoms with Crippen LogP contribution < -0.4 is 5.32 Å². The highest BCUT2D eigenvalue weighted by molar-refractivity contribution is 8.26. The zero-order valence-corrected chi connectivity index (χ0v) is 18.7. The first-order valence-corrected chi connectivity index (χ1v) is 11.1. The monoisotopic (exact) mass is 462 g/mol. The number of aryl methyl sites for hydroxylation is 1. The Morgan fingerprint density at radius 1 is 1.27 bits per heavy atom. The Hall–Kier alpha value is -2.22. The van der Waals surface area contributed by atoms with Gasteiger partial charge in [0.15, 0.2) is 0 Å². The number of nitrogens with one attached hydrogen (secondary N) is 1. The number of carbonyl (C=O) groups excluding carboxylic acids is 2. The van der Waals surface area contributed by atoms with Crippen LogP contribution in [0.2, 0.25) is 5.02 Å². The van der Waals surface area contributed by atoms with Crippen molar-refractivity contribution >= 4 is 63.5 Å². The Morgan fingerprint density at radius 3 is 2.67 bits per heavy atom. The van der Waals surface area contributed by atoms with Crippen molar-refractivity contribution in [2.75, 3.05) is 11.9 Å². The largest absolute Gasteiger partial charge is 0.326 e. The molecule has 0 spiro atoms. The Balaban J connectivity index is 1.53. The SMILES string of the molecule is CCc1ccc(C=C2SC(=S)N(CCCC(=O)Nc3ccc(F)c(Cl)c3)C2=O)cc1. The number of benzene rings is 2. The van der Waals surface area contributed by atoms with Crippen molar-refractivity contribution in [1.82, 2.24) is 4.90 Å². The van der Waals surface area contributed by atoms with E-state index in [-0.39, 0.29) is 23.3 Å². The van der Waals surface area contributed by atoms with Gasteiger partial charge in [0, 0.05) is 18.7 Å². The zero-order valence-electron chi connectivity index (χ0n) is 16.3. The number of hydrogen-bond donors (Lipinski definition) is 1. The van der Waals surface area contributed by atoms with Gasteiger partial charge in [-0.25, -0.2) is 4.39 Å². The first-order valence-electron chi connectivity index (χ1n) is 9.46. The standard InChI is InChI=1S/C22H20ClFN2O2S2/c1-2-14-5-7-15(8-6-14)12-19-21(28)26(22(29)30-19)11-3-4-20(27)25-16-9-10-18(24)17(23)13-16/h5-10,12-13H,2-4,11H2,1H3,(H,25,27). The quantitative estimate of drug-likeness (QED) is 0.426. The number of rotatable bonds is 7. The van der Waals surface area contributed by atoms with Crippen LogP contribution in [0, 0.1) is 5.82 Å². The highest BCUT2D eigenvalue weighted by Gasteiger charge is 2.31. The molecular weight excluding hydrogens is 443 g/mol. The van der Waals surface area contributed by atoms with E-state index in [1.165, 1.54) is 40.4 Å². The third-order valence-corrected chi connectivity index (χ3v) is 6.22. The molecule has 1 fully saturated rings. The fraction of sp³-hybridized carbons (Fsp3) is 0.227. The second-order valence-electron chi connectivity index (χ2n) is 6.71. The minimum Gasteiger partial charge on any atom is -0.326 e. The van der Waals surface area contributed by atoms with Crippen LogP contribution in [0.4, 0.5) is 10.1 Å². The van der Waals surface area contributed by atoms with E-state index >= 15 is 0 Å². The van der Waals surface area contributed by atoms with Gasteiger partial charge in [-0.05, 0) is 48.2 Å². The number of nitrogens with zero attached hydrogens (tertiary/aromatic N) is 1. The maximum absolute atomic E-state index is 13.2. The average molecular weight is 463 g/mol. The molecule has 0 atom stereocenters. The van der Waals surface area contributed by atoms with Gasteiger partial charge in [0.05, 0.1) is 9.93 Å². The Kier molecular flexibility index (Phi) is 7.64. The van der Waals surface area contributed by atoms with Crippen molar-refractivity contribution in [2.24, 2.45) is 0 Å². The van der Waals surface area contributed by atoms with Crippen LogP contribution >= 0.6 is 35.6 Å². The summed E-state index contributed by atoms with van der Waals surface area (Å²) < 4.78 is 13.7. The molecule has 0 bridgehead atoms. The minimum atomic E-state index is -0.543. The summed E-state index contributed by atoms with van der Waals surface area (Å²) in [4.78, 5) is 26.9. The molecular formula is C22H20ClFN2O2S2. The van der Waals surface area contributed by atoms with Crippen molar-refractivity contribution in [2.45, 2.75) is 26.2 Å². The van der Waals surface area contributed by atoms with E-state index < -0.39 is 5.82 Å². The molecule has 0 aromatic heterocycles. The summed E-state index contributed by atoms with van der Waals surface area (Å²) in [6.45, 7) is 2.45. The highest BCUT2D eigenvalue weighted by atomic mass is 35.5. The Bertz CT molecular complexity index is 1010. The van der Waals surface area contributed by atoms with E-state index in [0.717, 1.165) is 12.0 Å². The van der Waals surface area contributed by atoms with Crippen LogP contribution in [-0.2, 0) is 16.0 Å². The van der Waals surface area contributed by atoms with Crippen molar-refractivity contribution in [3.63, 3.8) is 0 Å². The number of halogens is 2. The van der Waals surface area contributed by atoms with Gasteiger partial charge in [-0.1, -0.05) is 66.8 Å². The second-order valence-corrected chi connectivity index (χ2v) is 8.79. The van der Waals surface area contributed by atoms with Crippen molar-refractivity contribution in [3.05, 3.63) is 69.3 Å². The molecule has 0 aliphatic carbocycles. The van der Waals surface area contributed by atoms with Gasteiger partial charge < -0.3 is 5.32 Å². The summed E-state index contributed by atoms with van der Waals surface area (Å²) in [5.74, 6) is -0.927. The summed E-state index contributed by atoms with van der Waals surface area (Å²) >= 11 is 12.3. The Morgan fingerprint density at radius 2 is 2.00 bits per heavy atom. The summed E-state index contributed by atoms with van der Waals surface area (Å²) in [6, 6.07) is 12.0. The van der Waals surface area contributed by atoms with Crippen LogP contribution in [0.3, 0.4) is 0 Å². The summed E-state index contributed by atoms with van der Waals surface area (Å²) in [5.41, 5.74) is 2.61. The normalized spacial score (nSPS) is 15.2. The maximum atomic E-state index is 13.2. The van der Waals surface area contributed by atoms with Crippen LogP contribution in [0.15, 0.2) is 47.4 Å². The number of anilines is 1. The molecule has 0 radical (unpaired) electrons. The van der Waals surface area contributed by atoms with Crippen molar-refractivity contribution in [1.29, 1.82) is 0 Å². The van der Waals surface area contributed by atoms with Gasteiger partial charge in [-0.15, -0.1) is 0 Å². The molecule has 2 amide bonds. The van der Waals surface area contributed by atoms with Crippen molar-refractivity contribution < 1.29 is 14.0 Å². The molecule has 0 saturated carbocycles. The lowest BCUT2D eigenvalue weighted by Crippen LogP contribution is -2.29. The second kappa shape index (κ2) is 10.2. The van der Waals surface area contributed by atoms with Crippen LogP contribution in [0.5, 0.6) is 0 Å². The van der Waals surface area contributed by atoms with Gasteiger partial charge >= 0.3 is 0 Å². The van der Waals surface area contributed by atoms with Crippen molar-refractivity contribution in [3.8, 4) is 0 Å². The third kappa shape index (κ3) is 5.68. The number of thioether (sulfide) groups is 1. The summed E-state index contributed by atoms with van der Waals surface area (Å²) in [5, 5.41) is 2.61. The number of hydrogen-bond acceptors (Lipinski definition) is 4. The molecule has 2 aromatic rings. The average Bonchev–Trinajstić information content (AvgIpc) is 2.98. The summed E-state index contributed by atoms with van der Waals surface area (Å²) in [6.07, 6.45) is 3.45. The number of carbonyl (C=O) groups is 2. The van der Waals surface area contributed by atoms with E-state index in [0.29, 0.717) is 27.9 Å². The molecule has 0 unspecified atom stereocenters. The maximum Gasteiger partial charge on any atom is 0.266 e. The van der Waals surface area contributed by atoms with Gasteiger partial charge in [-0.3, -0.25) is 14.5 Å². The lowest BCUT2D eigenvalue weighted by atomic mass is 10.1. The molecule has 4 nitrogen and oxygen atoms in total. The highest BCUT2D eigenvalue weighted by Crippen LogP contribution is 2.32. The molecule has 2 aromatic carbocycles. The fourth-order valence-electron chi connectivity index (χ4n) is 2.89. The molecule has 3 rings (SSSR count). The molecule has 8 heteroatoms. The lowest BCUT2D eigenvalue weighted by molar-refractivity contribution is -0.122. The predicted molar refractivity (Wildman–Crippen MR) is 125 cm³/mol. The van der Waals surface area contributed by atoms with Crippen LogP contribution in [-0.4, -0.2) is 27.6 Å². The predicted octanol–water partition coefficient (Wildman–Crippen LogP) is 5.66. The lowest BCUT2D eigenvalue weighted by Gasteiger charge is -2.14. The van der Waals surface area contributed by atoms with E-state index in [2.05, 4.69) is 12.2 Å². The van der Waals surface area contributed by atoms with Gasteiger partial charge in [-0.2, -0.15) is 0 Å². The number of thiocarbonyl (C=S) groups is 1. The van der Waals surface area contributed by atoms with Crippen LogP contribution in [0.25, 0.3) is 6.08 Å². The molecule has 156 valence electrons. The summed E-state index contributed by atoms with van der Waals surface area (Å²) in [7, 11) is 0. The van der Waals surface area contributed by atoms with Gasteiger partial charge in [0.2, 0.25) is 5.91 Å². The van der Waals surface area contributed by atoms with E-state index in [1.807, 2.05) is 30.3 Å². The molecule has 1 N–H and O–H groups in total. The topological polar surface area (TPSA) is 49.4 Å². The van der Waals surface area contributed by atoms with Crippen LogP contribution in [0.1, 0.15) is 30.9 Å². The smallest absolute Gasteiger partial charge is 0.266 e. The zero-order chi connectivity index (χ0) is 21.7. The first-order chi connectivity index (χ1) is 14.4. The molecule has 30 heavy (non-hydrogen) atoms. The molecule has 1 heterocycles. The molecule has 1 aliphatic heterocycles. The molecule has 1 aliphatic rings. The van der Waals surface area contributed by atoms with E-state index in [4.69, 9.17) is 23.8 Å². The van der Waals surface area contributed by atoms with Gasteiger partial charge in [0.25, 0.3) is 5.91 Å². The van der Waals surface area contributed by atoms with E-state index in [9.17, 15) is 14.0 Å². The minimum absolute atomic E-state index is 0.0542. The Labute approximate surface area is 189 Å². The first kappa shape index (κ1) is 22.5. The number of amides is 2. The van der Waals surface area contributed by atoms with E-state index in [1.54, 1.807) is 0 Å². The molecule has 1 saturated heterocycles. The van der Waals surface area contributed by atoms with Gasteiger partial charge in [0.1, 0.15) is 10.1 Å². The fourth-order valence-corrected chi connectivity index (χ4v) is 4.38. The third-order valence-electron chi connectivity index (χ3n) is 4.55.